The Kier molecular flexibility index (Phi) is 7.07. The lowest BCUT2D eigenvalue weighted by Gasteiger charge is -2.25. The lowest BCUT2D eigenvalue weighted by Crippen LogP contribution is -2.39. The predicted molar refractivity (Wildman–Crippen MR) is 133 cm³/mol. The topological polar surface area (TPSA) is 88.4 Å². The van der Waals surface area contributed by atoms with Gasteiger partial charge in [0.15, 0.2) is 16.3 Å². The summed E-state index contributed by atoms with van der Waals surface area (Å²) in [6.45, 7) is 3.71. The molecule has 2 heterocycles. The quantitative estimate of drug-likeness (QED) is 0.470. The zero-order valence-corrected chi connectivity index (χ0v) is 21.0. The maximum Gasteiger partial charge on any atom is 0.338 e. The van der Waals surface area contributed by atoms with E-state index in [0.29, 0.717) is 37.9 Å². The summed E-state index contributed by atoms with van der Waals surface area (Å²) < 4.78 is 23.4. The molecule has 1 aromatic heterocycles. The van der Waals surface area contributed by atoms with E-state index in [-0.39, 0.29) is 12.2 Å². The fourth-order valence-electron chi connectivity index (χ4n) is 4.01. The predicted octanol–water partition coefficient (Wildman–Crippen LogP) is 2.82. The first-order valence-corrected chi connectivity index (χ1v) is 11.8. The van der Waals surface area contributed by atoms with E-state index in [1.807, 2.05) is 30.3 Å². The van der Waals surface area contributed by atoms with Crippen LogP contribution < -0.4 is 29.1 Å². The molecule has 182 valence electrons. The number of benzene rings is 2. The van der Waals surface area contributed by atoms with E-state index in [9.17, 15) is 9.59 Å². The smallest absolute Gasteiger partial charge is 0.338 e. The Bertz CT molecular complexity index is 1480. The molecule has 0 spiro atoms. The second-order valence-electron chi connectivity index (χ2n) is 7.69. The van der Waals surface area contributed by atoms with Crippen LogP contribution in [0.25, 0.3) is 6.08 Å². The van der Waals surface area contributed by atoms with Gasteiger partial charge < -0.3 is 18.9 Å². The van der Waals surface area contributed by atoms with Gasteiger partial charge in [-0.15, -0.1) is 0 Å². The van der Waals surface area contributed by atoms with Gasteiger partial charge in [-0.2, -0.15) is 0 Å². The average Bonchev–Trinajstić information content (AvgIpc) is 3.17. The Morgan fingerprint density at radius 2 is 1.86 bits per heavy atom. The van der Waals surface area contributed by atoms with Gasteiger partial charge in [0.25, 0.3) is 5.56 Å². The third kappa shape index (κ3) is 4.59. The molecule has 35 heavy (non-hydrogen) atoms. The summed E-state index contributed by atoms with van der Waals surface area (Å²) in [7, 11) is 4.70. The fourth-order valence-corrected chi connectivity index (χ4v) is 5.06. The number of esters is 1. The fraction of sp³-hybridized carbons (Fsp3) is 0.269. The van der Waals surface area contributed by atoms with Crippen molar-refractivity contribution in [2.45, 2.75) is 19.9 Å². The van der Waals surface area contributed by atoms with Crippen molar-refractivity contribution in [3.8, 4) is 17.2 Å². The number of carbonyl (C=O) groups excluding carboxylic acids is 1. The van der Waals surface area contributed by atoms with Crippen LogP contribution in [0.15, 0.2) is 63.5 Å². The molecule has 0 fully saturated rings. The number of hydrogen-bond donors (Lipinski definition) is 0. The second kappa shape index (κ2) is 10.2. The first-order chi connectivity index (χ1) is 16.9. The minimum Gasteiger partial charge on any atom is -0.497 e. The van der Waals surface area contributed by atoms with Crippen molar-refractivity contribution in [1.29, 1.82) is 0 Å². The zero-order chi connectivity index (χ0) is 25.1. The first-order valence-electron chi connectivity index (χ1n) is 11.0. The van der Waals surface area contributed by atoms with Gasteiger partial charge in [-0.3, -0.25) is 9.36 Å². The highest BCUT2D eigenvalue weighted by Crippen LogP contribution is 2.32. The molecule has 0 saturated heterocycles. The molecule has 0 aliphatic carbocycles. The maximum absolute atomic E-state index is 13.7. The standard InChI is InChI=1S/C26H26N2O6S/c1-6-34-25(30)22-15(2)27-26-28(23(22)17-8-7-9-18(14-17)31-3)24(29)21(35-26)13-16-10-11-19(32-4)20(12-16)33-5/h7-14,23H,6H2,1-5H3/b21-13-/t23-/m1/s1. The van der Waals surface area contributed by atoms with Gasteiger partial charge >= 0.3 is 5.97 Å². The van der Waals surface area contributed by atoms with E-state index >= 15 is 0 Å². The summed E-state index contributed by atoms with van der Waals surface area (Å²) in [5.74, 6) is 1.27. The van der Waals surface area contributed by atoms with Gasteiger partial charge in [0, 0.05) is 0 Å². The molecule has 1 aliphatic heterocycles. The van der Waals surface area contributed by atoms with E-state index < -0.39 is 12.0 Å². The molecule has 0 radical (unpaired) electrons. The van der Waals surface area contributed by atoms with Crippen LogP contribution in [-0.4, -0.2) is 38.5 Å². The molecule has 0 N–H and O–H groups in total. The highest BCUT2D eigenvalue weighted by molar-refractivity contribution is 7.07. The summed E-state index contributed by atoms with van der Waals surface area (Å²) in [6, 6.07) is 12.0. The van der Waals surface area contributed by atoms with Crippen molar-refractivity contribution >= 4 is 23.4 Å². The third-order valence-electron chi connectivity index (χ3n) is 5.63. The lowest BCUT2D eigenvalue weighted by atomic mass is 9.95. The number of rotatable bonds is 7. The second-order valence-corrected chi connectivity index (χ2v) is 8.70. The molecule has 0 amide bonds. The van der Waals surface area contributed by atoms with Crippen molar-refractivity contribution in [2.75, 3.05) is 27.9 Å². The van der Waals surface area contributed by atoms with Crippen molar-refractivity contribution in [3.05, 3.63) is 84.5 Å². The molecule has 1 aliphatic rings. The summed E-state index contributed by atoms with van der Waals surface area (Å²) in [5, 5.41) is 0. The van der Waals surface area contributed by atoms with Gasteiger partial charge in [-0.25, -0.2) is 9.79 Å². The van der Waals surface area contributed by atoms with E-state index in [2.05, 4.69) is 4.99 Å². The molecular weight excluding hydrogens is 468 g/mol. The number of nitrogens with zero attached hydrogens (tertiary/aromatic N) is 2. The molecular formula is C26H26N2O6S. The Labute approximate surface area is 206 Å². The van der Waals surface area contributed by atoms with Crippen LogP contribution >= 0.6 is 11.3 Å². The van der Waals surface area contributed by atoms with E-state index in [1.165, 1.54) is 11.3 Å². The number of aromatic nitrogens is 1. The van der Waals surface area contributed by atoms with Crippen molar-refractivity contribution in [2.24, 2.45) is 4.99 Å². The molecule has 0 saturated carbocycles. The van der Waals surface area contributed by atoms with Crippen LogP contribution in [0.4, 0.5) is 0 Å². The average molecular weight is 495 g/mol. The monoisotopic (exact) mass is 494 g/mol. The maximum atomic E-state index is 13.7. The number of methoxy groups -OCH3 is 3. The zero-order valence-electron chi connectivity index (χ0n) is 20.2. The third-order valence-corrected chi connectivity index (χ3v) is 6.61. The minimum absolute atomic E-state index is 0.212. The van der Waals surface area contributed by atoms with Crippen LogP contribution in [0.3, 0.4) is 0 Å². The number of thiazole rings is 1. The molecule has 0 bridgehead atoms. The Morgan fingerprint density at radius 3 is 2.54 bits per heavy atom. The number of carbonyl (C=O) groups is 1. The van der Waals surface area contributed by atoms with Crippen LogP contribution in [0.1, 0.15) is 31.0 Å². The van der Waals surface area contributed by atoms with Crippen molar-refractivity contribution < 1.29 is 23.7 Å². The summed E-state index contributed by atoms with van der Waals surface area (Å²) >= 11 is 1.26. The van der Waals surface area contributed by atoms with E-state index in [0.717, 1.165) is 11.1 Å². The lowest BCUT2D eigenvalue weighted by molar-refractivity contribution is -0.139. The van der Waals surface area contributed by atoms with Gasteiger partial charge in [0.05, 0.1) is 49.8 Å². The van der Waals surface area contributed by atoms with Gasteiger partial charge in [0.2, 0.25) is 0 Å². The molecule has 8 nitrogen and oxygen atoms in total. The SMILES string of the molecule is CCOC(=O)C1=C(C)N=c2s/c(=C\c3ccc(OC)c(OC)c3)c(=O)n2[C@@H]1c1cccc(OC)c1. The number of allylic oxidation sites excluding steroid dienone is 1. The molecule has 2 aromatic carbocycles. The number of fused-ring (bicyclic) bond motifs is 1. The van der Waals surface area contributed by atoms with Crippen LogP contribution in [0.2, 0.25) is 0 Å². The normalized spacial score (nSPS) is 15.3. The highest BCUT2D eigenvalue weighted by atomic mass is 32.1. The number of hydrogen-bond acceptors (Lipinski definition) is 8. The molecule has 9 heteroatoms. The van der Waals surface area contributed by atoms with E-state index in [4.69, 9.17) is 18.9 Å². The van der Waals surface area contributed by atoms with Crippen molar-refractivity contribution in [1.82, 2.24) is 4.57 Å². The molecule has 0 unspecified atom stereocenters. The van der Waals surface area contributed by atoms with Crippen LogP contribution in [-0.2, 0) is 9.53 Å². The largest absolute Gasteiger partial charge is 0.497 e. The first kappa shape index (κ1) is 24.3. The van der Waals surface area contributed by atoms with Crippen LogP contribution in [0.5, 0.6) is 17.2 Å². The Balaban J connectivity index is 1.93. The van der Waals surface area contributed by atoms with Crippen molar-refractivity contribution in [3.63, 3.8) is 0 Å². The molecule has 4 rings (SSSR count). The summed E-state index contributed by atoms with van der Waals surface area (Å²) in [6.07, 6.45) is 1.78. The van der Waals surface area contributed by atoms with Gasteiger partial charge in [0.1, 0.15) is 5.75 Å². The summed E-state index contributed by atoms with van der Waals surface area (Å²) in [5.41, 5.74) is 2.07. The summed E-state index contributed by atoms with van der Waals surface area (Å²) in [4.78, 5) is 31.8. The number of ether oxygens (including phenoxy) is 4. The highest BCUT2D eigenvalue weighted by Gasteiger charge is 2.33. The molecule has 3 aromatic rings. The minimum atomic E-state index is -0.701. The van der Waals surface area contributed by atoms with Gasteiger partial charge in [-0.1, -0.05) is 29.5 Å². The molecule has 1 atom stereocenters. The van der Waals surface area contributed by atoms with Gasteiger partial charge in [-0.05, 0) is 55.3 Å². The van der Waals surface area contributed by atoms with Crippen LogP contribution in [0, 0.1) is 0 Å². The van der Waals surface area contributed by atoms with E-state index in [1.54, 1.807) is 58.0 Å². The Hall–Kier alpha value is -3.85. The Morgan fingerprint density at radius 1 is 1.09 bits per heavy atom.